The van der Waals surface area contributed by atoms with Crippen LogP contribution in [0.5, 0.6) is 0 Å². The van der Waals surface area contributed by atoms with Gasteiger partial charge in [0.2, 0.25) is 0 Å². The predicted octanol–water partition coefficient (Wildman–Crippen LogP) is 2.52. The SMILES string of the molecule is CN=C(NCc1ccccc1F)NCc1ccccc1CN1CCOCC1. The lowest BCUT2D eigenvalue weighted by Crippen LogP contribution is -2.37. The first-order valence-electron chi connectivity index (χ1n) is 9.31. The number of nitrogens with zero attached hydrogens (tertiary/aromatic N) is 2. The monoisotopic (exact) mass is 370 g/mol. The van der Waals surface area contributed by atoms with Gasteiger partial charge in [0.05, 0.1) is 13.2 Å². The van der Waals surface area contributed by atoms with Crippen LogP contribution in [-0.4, -0.2) is 44.2 Å². The van der Waals surface area contributed by atoms with E-state index >= 15 is 0 Å². The third-order valence-corrected chi connectivity index (χ3v) is 4.69. The lowest BCUT2D eigenvalue weighted by molar-refractivity contribution is 0.0341. The normalized spacial score (nSPS) is 15.6. The topological polar surface area (TPSA) is 48.9 Å². The maximum atomic E-state index is 13.8. The molecule has 0 radical (unpaired) electrons. The van der Waals surface area contributed by atoms with Gasteiger partial charge < -0.3 is 15.4 Å². The highest BCUT2D eigenvalue weighted by Crippen LogP contribution is 2.13. The average Bonchev–Trinajstić information content (AvgIpc) is 2.71. The van der Waals surface area contributed by atoms with Gasteiger partial charge in [-0.15, -0.1) is 0 Å². The van der Waals surface area contributed by atoms with Crippen molar-refractivity contribution in [2.75, 3.05) is 33.4 Å². The summed E-state index contributed by atoms with van der Waals surface area (Å²) in [5, 5.41) is 6.50. The molecule has 0 unspecified atom stereocenters. The minimum Gasteiger partial charge on any atom is -0.379 e. The molecule has 0 aromatic heterocycles. The molecule has 2 aromatic carbocycles. The van der Waals surface area contributed by atoms with E-state index in [1.807, 2.05) is 6.07 Å². The summed E-state index contributed by atoms with van der Waals surface area (Å²) < 4.78 is 19.2. The molecule has 1 aliphatic heterocycles. The van der Waals surface area contributed by atoms with E-state index in [9.17, 15) is 4.39 Å². The van der Waals surface area contributed by atoms with Gasteiger partial charge in [-0.1, -0.05) is 42.5 Å². The fraction of sp³-hybridized carbons (Fsp3) is 0.381. The van der Waals surface area contributed by atoms with Crippen LogP contribution < -0.4 is 10.6 Å². The zero-order valence-corrected chi connectivity index (χ0v) is 15.7. The Morgan fingerprint density at radius 1 is 0.963 bits per heavy atom. The summed E-state index contributed by atoms with van der Waals surface area (Å²) in [6.07, 6.45) is 0. The van der Waals surface area contributed by atoms with Crippen LogP contribution in [0.3, 0.4) is 0 Å². The molecule has 0 spiro atoms. The number of hydrogen-bond donors (Lipinski definition) is 2. The van der Waals surface area contributed by atoms with Gasteiger partial charge >= 0.3 is 0 Å². The third kappa shape index (κ3) is 5.77. The van der Waals surface area contributed by atoms with Crippen molar-refractivity contribution in [2.45, 2.75) is 19.6 Å². The highest BCUT2D eigenvalue weighted by molar-refractivity contribution is 5.79. The van der Waals surface area contributed by atoms with Crippen molar-refractivity contribution < 1.29 is 9.13 Å². The zero-order valence-electron chi connectivity index (χ0n) is 15.7. The Kier molecular flexibility index (Phi) is 7.19. The van der Waals surface area contributed by atoms with E-state index in [1.165, 1.54) is 17.2 Å². The highest BCUT2D eigenvalue weighted by Gasteiger charge is 2.13. The summed E-state index contributed by atoms with van der Waals surface area (Å²) in [4.78, 5) is 6.65. The van der Waals surface area contributed by atoms with Crippen molar-refractivity contribution in [3.8, 4) is 0 Å². The van der Waals surface area contributed by atoms with Crippen molar-refractivity contribution in [1.29, 1.82) is 0 Å². The quantitative estimate of drug-likeness (QED) is 0.606. The average molecular weight is 370 g/mol. The first kappa shape index (κ1) is 19.3. The molecule has 1 fully saturated rings. The molecule has 0 atom stereocenters. The molecule has 6 heteroatoms. The lowest BCUT2D eigenvalue weighted by Gasteiger charge is -2.27. The minimum atomic E-state index is -0.212. The second-order valence-electron chi connectivity index (χ2n) is 6.53. The number of aliphatic imine (C=N–C) groups is 1. The van der Waals surface area contributed by atoms with Crippen LogP contribution in [0.2, 0.25) is 0 Å². The van der Waals surface area contributed by atoms with Gasteiger partial charge in [0, 0.05) is 45.3 Å². The fourth-order valence-corrected chi connectivity index (χ4v) is 3.10. The summed E-state index contributed by atoms with van der Waals surface area (Å²) in [6.45, 7) is 5.50. The Morgan fingerprint density at radius 2 is 1.56 bits per heavy atom. The number of guanidine groups is 1. The molecular weight excluding hydrogens is 343 g/mol. The Morgan fingerprint density at radius 3 is 2.22 bits per heavy atom. The van der Waals surface area contributed by atoms with E-state index in [0.29, 0.717) is 24.6 Å². The summed E-state index contributed by atoms with van der Waals surface area (Å²) in [5.74, 6) is 0.440. The van der Waals surface area contributed by atoms with Crippen molar-refractivity contribution >= 4 is 5.96 Å². The zero-order chi connectivity index (χ0) is 18.9. The first-order chi connectivity index (χ1) is 13.3. The van der Waals surface area contributed by atoms with Gasteiger partial charge in [-0.05, 0) is 17.2 Å². The number of halogens is 1. The van der Waals surface area contributed by atoms with Crippen LogP contribution in [0.25, 0.3) is 0 Å². The molecule has 0 aliphatic carbocycles. The molecule has 1 heterocycles. The molecule has 1 aliphatic rings. The molecule has 27 heavy (non-hydrogen) atoms. The standard InChI is InChI=1S/C21H27FN4O/c1-23-21(25-15-18-7-4-5-9-20(18)22)24-14-17-6-2-3-8-19(17)16-26-10-12-27-13-11-26/h2-9H,10-16H2,1H3,(H2,23,24,25). The number of ether oxygens (including phenoxy) is 1. The van der Waals surface area contributed by atoms with E-state index in [1.54, 1.807) is 19.2 Å². The molecule has 2 aromatic rings. The third-order valence-electron chi connectivity index (χ3n) is 4.69. The number of rotatable bonds is 6. The Bertz CT molecular complexity index is 759. The van der Waals surface area contributed by atoms with E-state index in [0.717, 1.165) is 32.8 Å². The number of morpholine rings is 1. The van der Waals surface area contributed by atoms with E-state index in [4.69, 9.17) is 4.74 Å². The van der Waals surface area contributed by atoms with Crippen LogP contribution in [0, 0.1) is 5.82 Å². The van der Waals surface area contributed by atoms with Crippen LogP contribution >= 0.6 is 0 Å². The second kappa shape index (κ2) is 10.0. The van der Waals surface area contributed by atoms with E-state index in [2.05, 4.69) is 44.8 Å². The van der Waals surface area contributed by atoms with Crippen molar-refractivity contribution in [2.24, 2.45) is 4.99 Å². The van der Waals surface area contributed by atoms with Gasteiger partial charge in [-0.25, -0.2) is 4.39 Å². The van der Waals surface area contributed by atoms with Gasteiger partial charge in [0.1, 0.15) is 5.82 Å². The van der Waals surface area contributed by atoms with Crippen LogP contribution in [-0.2, 0) is 24.4 Å². The molecule has 5 nitrogen and oxygen atoms in total. The summed E-state index contributed by atoms with van der Waals surface area (Å²) in [5.41, 5.74) is 3.16. The predicted molar refractivity (Wildman–Crippen MR) is 106 cm³/mol. The Labute approximate surface area is 160 Å². The molecule has 0 saturated carbocycles. The van der Waals surface area contributed by atoms with Gasteiger partial charge in [0.15, 0.2) is 5.96 Å². The Hall–Kier alpha value is -2.44. The number of benzene rings is 2. The van der Waals surface area contributed by atoms with Crippen molar-refractivity contribution in [1.82, 2.24) is 15.5 Å². The van der Waals surface area contributed by atoms with Crippen molar-refractivity contribution in [3.05, 3.63) is 71.0 Å². The lowest BCUT2D eigenvalue weighted by atomic mass is 10.1. The maximum absolute atomic E-state index is 13.8. The highest BCUT2D eigenvalue weighted by atomic mass is 19.1. The van der Waals surface area contributed by atoms with E-state index in [-0.39, 0.29) is 5.82 Å². The molecule has 144 valence electrons. The van der Waals surface area contributed by atoms with Crippen LogP contribution in [0.4, 0.5) is 4.39 Å². The maximum Gasteiger partial charge on any atom is 0.191 e. The smallest absolute Gasteiger partial charge is 0.191 e. The molecule has 3 rings (SSSR count). The van der Waals surface area contributed by atoms with Crippen molar-refractivity contribution in [3.63, 3.8) is 0 Å². The molecule has 2 N–H and O–H groups in total. The summed E-state index contributed by atoms with van der Waals surface area (Å²) >= 11 is 0. The minimum absolute atomic E-state index is 0.212. The van der Waals surface area contributed by atoms with Gasteiger partial charge in [-0.2, -0.15) is 0 Å². The van der Waals surface area contributed by atoms with Gasteiger partial charge in [0.25, 0.3) is 0 Å². The number of nitrogens with one attached hydrogen (secondary N) is 2. The number of hydrogen-bond acceptors (Lipinski definition) is 3. The Balaban J connectivity index is 1.55. The molecular formula is C21H27FN4O. The van der Waals surface area contributed by atoms with E-state index < -0.39 is 0 Å². The molecule has 0 bridgehead atoms. The first-order valence-corrected chi connectivity index (χ1v) is 9.31. The summed E-state index contributed by atoms with van der Waals surface area (Å²) in [7, 11) is 1.72. The fourth-order valence-electron chi connectivity index (χ4n) is 3.10. The second-order valence-corrected chi connectivity index (χ2v) is 6.53. The van der Waals surface area contributed by atoms with Crippen LogP contribution in [0.1, 0.15) is 16.7 Å². The largest absolute Gasteiger partial charge is 0.379 e. The molecule has 1 saturated heterocycles. The molecule has 0 amide bonds. The summed E-state index contributed by atoms with van der Waals surface area (Å²) in [6, 6.07) is 15.2. The van der Waals surface area contributed by atoms with Gasteiger partial charge in [-0.3, -0.25) is 9.89 Å². The van der Waals surface area contributed by atoms with Crippen LogP contribution in [0.15, 0.2) is 53.5 Å².